The Morgan fingerprint density at radius 2 is 1.88 bits per heavy atom. The molecule has 0 atom stereocenters. The Hall–Kier alpha value is -1.81. The van der Waals surface area contributed by atoms with Crippen molar-refractivity contribution < 1.29 is 0 Å². The fourth-order valence-electron chi connectivity index (χ4n) is 1.45. The summed E-state index contributed by atoms with van der Waals surface area (Å²) in [5, 5.41) is 3.37. The van der Waals surface area contributed by atoms with Crippen molar-refractivity contribution >= 4 is 29.1 Å². The van der Waals surface area contributed by atoms with E-state index in [1.807, 2.05) is 42.3 Å². The zero-order valence-electron chi connectivity index (χ0n) is 9.68. The monoisotopic (exact) mass is 248 g/mol. The molecular weight excluding hydrogens is 236 g/mol. The van der Waals surface area contributed by atoms with E-state index in [1.54, 1.807) is 13.1 Å². The van der Waals surface area contributed by atoms with Gasteiger partial charge in [-0.3, -0.25) is 0 Å². The number of aromatic nitrogens is 2. The molecule has 0 bridgehead atoms. The predicted octanol–water partition coefficient (Wildman–Crippen LogP) is 2.94. The number of benzene rings is 1. The smallest absolute Gasteiger partial charge is 0.233 e. The van der Waals surface area contributed by atoms with Crippen LogP contribution in [0.15, 0.2) is 36.4 Å². The van der Waals surface area contributed by atoms with Gasteiger partial charge in [0.05, 0.1) is 0 Å². The molecule has 88 valence electrons. The van der Waals surface area contributed by atoms with E-state index < -0.39 is 0 Å². The van der Waals surface area contributed by atoms with Gasteiger partial charge in [0.1, 0.15) is 11.0 Å². The van der Waals surface area contributed by atoms with Crippen molar-refractivity contribution in [3.8, 4) is 0 Å². The molecule has 0 aliphatic heterocycles. The third-order valence-corrected chi connectivity index (χ3v) is 2.58. The first-order valence-electron chi connectivity index (χ1n) is 5.22. The fraction of sp³-hybridized carbons (Fsp3) is 0.167. The lowest BCUT2D eigenvalue weighted by molar-refractivity contribution is 1.04. The third-order valence-electron chi connectivity index (χ3n) is 2.38. The van der Waals surface area contributed by atoms with Gasteiger partial charge < -0.3 is 10.2 Å². The number of halogens is 1. The van der Waals surface area contributed by atoms with Crippen LogP contribution in [0, 0.1) is 0 Å². The van der Waals surface area contributed by atoms with E-state index in [-0.39, 0.29) is 0 Å². The van der Waals surface area contributed by atoms with E-state index in [0.29, 0.717) is 16.9 Å². The molecule has 0 radical (unpaired) electrons. The van der Waals surface area contributed by atoms with Gasteiger partial charge in [0.15, 0.2) is 0 Å². The van der Waals surface area contributed by atoms with Gasteiger partial charge in [0, 0.05) is 25.8 Å². The summed E-state index contributed by atoms with van der Waals surface area (Å²) in [7, 11) is 3.70. The minimum atomic E-state index is 0.419. The quantitative estimate of drug-likeness (QED) is 0.848. The lowest BCUT2D eigenvalue weighted by Crippen LogP contribution is -2.13. The maximum absolute atomic E-state index is 5.94. The van der Waals surface area contributed by atoms with Gasteiger partial charge in [-0.2, -0.15) is 4.98 Å². The number of hydrogen-bond acceptors (Lipinski definition) is 4. The van der Waals surface area contributed by atoms with Crippen LogP contribution in [0.5, 0.6) is 0 Å². The summed E-state index contributed by atoms with van der Waals surface area (Å²) in [6, 6.07) is 11.6. The molecule has 17 heavy (non-hydrogen) atoms. The van der Waals surface area contributed by atoms with Crippen LogP contribution in [0.3, 0.4) is 0 Å². The van der Waals surface area contributed by atoms with Crippen LogP contribution in [-0.2, 0) is 0 Å². The van der Waals surface area contributed by atoms with Crippen LogP contribution in [0.25, 0.3) is 0 Å². The molecule has 0 aliphatic rings. The second-order valence-corrected chi connectivity index (χ2v) is 3.91. The van der Waals surface area contributed by atoms with Crippen LogP contribution in [0.1, 0.15) is 0 Å². The fourth-order valence-corrected chi connectivity index (χ4v) is 1.63. The van der Waals surface area contributed by atoms with Gasteiger partial charge in [-0.05, 0) is 12.1 Å². The molecule has 1 heterocycles. The molecule has 1 N–H and O–H groups in total. The second-order valence-electron chi connectivity index (χ2n) is 3.52. The predicted molar refractivity (Wildman–Crippen MR) is 71.1 cm³/mol. The highest BCUT2D eigenvalue weighted by Crippen LogP contribution is 2.22. The first kappa shape index (κ1) is 11.7. The lowest BCUT2D eigenvalue weighted by atomic mass is 10.3. The molecule has 2 rings (SSSR count). The van der Waals surface area contributed by atoms with Gasteiger partial charge in [0.2, 0.25) is 5.95 Å². The van der Waals surface area contributed by atoms with Gasteiger partial charge >= 0.3 is 0 Å². The number of rotatable bonds is 3. The second kappa shape index (κ2) is 5.01. The minimum Gasteiger partial charge on any atom is -0.373 e. The summed E-state index contributed by atoms with van der Waals surface area (Å²) in [5.41, 5.74) is 1.01. The third kappa shape index (κ3) is 2.65. The minimum absolute atomic E-state index is 0.419. The average molecular weight is 249 g/mol. The van der Waals surface area contributed by atoms with Gasteiger partial charge in [-0.15, -0.1) is 0 Å². The molecule has 5 heteroatoms. The van der Waals surface area contributed by atoms with Crippen LogP contribution in [-0.4, -0.2) is 24.1 Å². The topological polar surface area (TPSA) is 41.1 Å². The lowest BCUT2D eigenvalue weighted by Gasteiger charge is -2.17. The summed E-state index contributed by atoms with van der Waals surface area (Å²) < 4.78 is 0. The highest BCUT2D eigenvalue weighted by atomic mass is 35.5. The zero-order chi connectivity index (χ0) is 12.3. The summed E-state index contributed by atoms with van der Waals surface area (Å²) in [6.07, 6.45) is 0. The van der Waals surface area contributed by atoms with Gasteiger partial charge in [0.25, 0.3) is 0 Å². The van der Waals surface area contributed by atoms with E-state index >= 15 is 0 Å². The van der Waals surface area contributed by atoms with Crippen LogP contribution in [0.4, 0.5) is 17.5 Å². The molecule has 4 nitrogen and oxygen atoms in total. The molecular formula is C12H13ClN4. The van der Waals surface area contributed by atoms with Crippen molar-refractivity contribution in [2.24, 2.45) is 0 Å². The van der Waals surface area contributed by atoms with Crippen molar-refractivity contribution in [3.63, 3.8) is 0 Å². The number of hydrogen-bond donors (Lipinski definition) is 1. The number of nitrogens with zero attached hydrogens (tertiary/aromatic N) is 3. The first-order chi connectivity index (χ1) is 8.20. The van der Waals surface area contributed by atoms with Gasteiger partial charge in [-0.1, -0.05) is 29.8 Å². The van der Waals surface area contributed by atoms with Crippen molar-refractivity contribution in [2.45, 2.75) is 0 Å². The van der Waals surface area contributed by atoms with Crippen LogP contribution in [0.2, 0.25) is 5.15 Å². The molecule has 0 amide bonds. The molecule has 0 fully saturated rings. The van der Waals surface area contributed by atoms with Crippen molar-refractivity contribution in [1.29, 1.82) is 0 Å². The van der Waals surface area contributed by atoms with Crippen molar-refractivity contribution in [3.05, 3.63) is 41.6 Å². The highest BCUT2D eigenvalue weighted by Gasteiger charge is 2.08. The number of para-hydroxylation sites is 1. The summed E-state index contributed by atoms with van der Waals surface area (Å²) >= 11 is 5.94. The summed E-state index contributed by atoms with van der Waals surface area (Å²) in [4.78, 5) is 10.4. The Morgan fingerprint density at radius 3 is 2.53 bits per heavy atom. The molecule has 0 spiro atoms. The zero-order valence-corrected chi connectivity index (χ0v) is 10.4. The molecule has 0 aliphatic carbocycles. The molecule has 2 aromatic rings. The molecule has 1 aromatic heterocycles. The molecule has 1 aromatic carbocycles. The molecule has 0 saturated carbocycles. The molecule has 0 saturated heterocycles. The van der Waals surface area contributed by atoms with Crippen molar-refractivity contribution in [1.82, 2.24) is 9.97 Å². The van der Waals surface area contributed by atoms with E-state index in [0.717, 1.165) is 5.69 Å². The Morgan fingerprint density at radius 1 is 1.18 bits per heavy atom. The highest BCUT2D eigenvalue weighted by molar-refractivity contribution is 6.29. The van der Waals surface area contributed by atoms with E-state index in [2.05, 4.69) is 15.3 Å². The van der Waals surface area contributed by atoms with E-state index in [1.165, 1.54) is 0 Å². The number of anilines is 3. The standard InChI is InChI=1S/C12H13ClN4/c1-14-11-8-10(13)15-12(16-11)17(2)9-6-4-3-5-7-9/h3-8H,1-2H3,(H,14,15,16). The Kier molecular flexibility index (Phi) is 3.44. The number of nitrogens with one attached hydrogen (secondary N) is 1. The van der Waals surface area contributed by atoms with Crippen LogP contribution < -0.4 is 10.2 Å². The van der Waals surface area contributed by atoms with E-state index in [4.69, 9.17) is 11.6 Å². The molecule has 0 unspecified atom stereocenters. The van der Waals surface area contributed by atoms with Gasteiger partial charge in [-0.25, -0.2) is 4.98 Å². The average Bonchev–Trinajstić information content (AvgIpc) is 2.38. The van der Waals surface area contributed by atoms with Crippen LogP contribution >= 0.6 is 11.6 Å². The largest absolute Gasteiger partial charge is 0.373 e. The summed E-state index contributed by atoms with van der Waals surface area (Å²) in [5.74, 6) is 1.26. The maximum Gasteiger partial charge on any atom is 0.233 e. The van der Waals surface area contributed by atoms with Crippen molar-refractivity contribution in [2.75, 3.05) is 24.3 Å². The Bertz CT molecular complexity index is 501. The first-order valence-corrected chi connectivity index (χ1v) is 5.59. The normalized spacial score (nSPS) is 10.1. The van der Waals surface area contributed by atoms with E-state index in [9.17, 15) is 0 Å². The SMILES string of the molecule is CNc1cc(Cl)nc(N(C)c2ccccc2)n1. The Labute approximate surface area is 105 Å². The maximum atomic E-state index is 5.94. The summed E-state index contributed by atoms with van der Waals surface area (Å²) in [6.45, 7) is 0. The Balaban J connectivity index is 2.37.